The molecule has 17 heavy (non-hydrogen) atoms. The van der Waals surface area contributed by atoms with Crippen LogP contribution in [0.5, 0.6) is 0 Å². The van der Waals surface area contributed by atoms with E-state index in [0.717, 1.165) is 19.5 Å². The van der Waals surface area contributed by atoms with Gasteiger partial charge in [-0.2, -0.15) is 13.2 Å². The maximum atomic E-state index is 12.1. The fourth-order valence-corrected chi connectivity index (χ4v) is 2.22. The SMILES string of the molecule is CCC1CN(CCCC(F)(F)F)C(C)(C)CN1. The summed E-state index contributed by atoms with van der Waals surface area (Å²) < 4.78 is 36.3. The number of hydrogen-bond acceptors (Lipinski definition) is 2. The maximum Gasteiger partial charge on any atom is 0.389 e. The van der Waals surface area contributed by atoms with Gasteiger partial charge in [0.1, 0.15) is 0 Å². The van der Waals surface area contributed by atoms with Crippen molar-refractivity contribution in [2.24, 2.45) is 0 Å². The first kappa shape index (κ1) is 14.8. The molecule has 0 aromatic carbocycles. The molecule has 1 fully saturated rings. The molecule has 1 heterocycles. The highest BCUT2D eigenvalue weighted by Crippen LogP contribution is 2.24. The van der Waals surface area contributed by atoms with Crippen molar-refractivity contribution >= 4 is 0 Å². The summed E-state index contributed by atoms with van der Waals surface area (Å²) in [5, 5.41) is 3.43. The third-order valence-electron chi connectivity index (χ3n) is 3.50. The Hall–Kier alpha value is -0.290. The lowest BCUT2D eigenvalue weighted by Crippen LogP contribution is -2.61. The molecule has 5 heteroatoms. The molecule has 0 amide bonds. The van der Waals surface area contributed by atoms with Crippen LogP contribution in [-0.4, -0.2) is 42.3 Å². The van der Waals surface area contributed by atoms with Gasteiger partial charge in [0.15, 0.2) is 0 Å². The Morgan fingerprint density at radius 2 is 2.00 bits per heavy atom. The van der Waals surface area contributed by atoms with E-state index in [2.05, 4.69) is 31.0 Å². The van der Waals surface area contributed by atoms with Gasteiger partial charge < -0.3 is 5.32 Å². The lowest BCUT2D eigenvalue weighted by Gasteiger charge is -2.46. The molecular weight excluding hydrogens is 229 g/mol. The van der Waals surface area contributed by atoms with Crippen LogP contribution < -0.4 is 5.32 Å². The van der Waals surface area contributed by atoms with Crippen molar-refractivity contribution < 1.29 is 13.2 Å². The lowest BCUT2D eigenvalue weighted by molar-refractivity contribution is -0.137. The maximum absolute atomic E-state index is 12.1. The predicted molar refractivity (Wildman–Crippen MR) is 63.0 cm³/mol. The molecule has 1 atom stereocenters. The van der Waals surface area contributed by atoms with E-state index in [9.17, 15) is 13.2 Å². The summed E-state index contributed by atoms with van der Waals surface area (Å²) in [5.41, 5.74) is -0.0444. The number of halogens is 3. The van der Waals surface area contributed by atoms with E-state index < -0.39 is 12.6 Å². The second kappa shape index (κ2) is 5.57. The van der Waals surface area contributed by atoms with Crippen molar-refractivity contribution in [1.29, 1.82) is 0 Å². The number of hydrogen-bond donors (Lipinski definition) is 1. The number of rotatable bonds is 4. The molecule has 0 bridgehead atoms. The Morgan fingerprint density at radius 1 is 1.35 bits per heavy atom. The van der Waals surface area contributed by atoms with E-state index in [0.29, 0.717) is 12.6 Å². The molecule has 0 radical (unpaired) electrons. The second-order valence-corrected chi connectivity index (χ2v) is 5.46. The highest BCUT2D eigenvalue weighted by molar-refractivity contribution is 4.92. The summed E-state index contributed by atoms with van der Waals surface area (Å²) in [4.78, 5) is 2.18. The number of alkyl halides is 3. The smallest absolute Gasteiger partial charge is 0.311 e. The van der Waals surface area contributed by atoms with Crippen molar-refractivity contribution in [2.75, 3.05) is 19.6 Å². The minimum atomic E-state index is -4.03. The molecule has 1 N–H and O–H groups in total. The Kier molecular flexibility index (Phi) is 4.84. The Labute approximate surface area is 102 Å². The van der Waals surface area contributed by atoms with E-state index in [4.69, 9.17) is 0 Å². The average molecular weight is 252 g/mol. The molecule has 0 spiro atoms. The van der Waals surface area contributed by atoms with Gasteiger partial charge in [-0.25, -0.2) is 0 Å². The summed E-state index contributed by atoms with van der Waals surface area (Å²) in [6.45, 7) is 8.49. The standard InChI is InChI=1S/C12H23F3N2/c1-4-10-8-17(11(2,3)9-16-10)7-5-6-12(13,14)15/h10,16H,4-9H2,1-3H3. The molecule has 1 saturated heterocycles. The van der Waals surface area contributed by atoms with Gasteiger partial charge in [0.05, 0.1) is 0 Å². The molecule has 2 nitrogen and oxygen atoms in total. The van der Waals surface area contributed by atoms with E-state index >= 15 is 0 Å². The third-order valence-corrected chi connectivity index (χ3v) is 3.50. The first-order valence-electron chi connectivity index (χ1n) is 6.30. The zero-order valence-electron chi connectivity index (χ0n) is 10.9. The summed E-state index contributed by atoms with van der Waals surface area (Å²) >= 11 is 0. The number of piperazine rings is 1. The highest BCUT2D eigenvalue weighted by Gasteiger charge is 2.34. The predicted octanol–water partition coefficient (Wildman–Crippen LogP) is 2.79. The summed E-state index contributed by atoms with van der Waals surface area (Å²) in [6.07, 6.45) is -3.48. The van der Waals surface area contributed by atoms with Crippen LogP contribution in [0.2, 0.25) is 0 Å². The highest BCUT2D eigenvalue weighted by atomic mass is 19.4. The molecule has 102 valence electrons. The normalized spacial score (nSPS) is 26.1. The van der Waals surface area contributed by atoms with Crippen LogP contribution >= 0.6 is 0 Å². The van der Waals surface area contributed by atoms with Gasteiger partial charge in [0, 0.05) is 31.1 Å². The minimum absolute atomic E-state index is 0.0444. The van der Waals surface area contributed by atoms with Crippen LogP contribution in [0.3, 0.4) is 0 Å². The van der Waals surface area contributed by atoms with Crippen LogP contribution in [0, 0.1) is 0 Å². The zero-order valence-corrected chi connectivity index (χ0v) is 10.9. The van der Waals surface area contributed by atoms with Crippen molar-refractivity contribution in [3.05, 3.63) is 0 Å². The van der Waals surface area contributed by atoms with Crippen molar-refractivity contribution in [2.45, 2.75) is 57.8 Å². The van der Waals surface area contributed by atoms with Crippen LogP contribution in [0.25, 0.3) is 0 Å². The zero-order chi connectivity index (χ0) is 13.1. The topological polar surface area (TPSA) is 15.3 Å². The summed E-state index contributed by atoms with van der Waals surface area (Å²) in [5.74, 6) is 0. The number of nitrogens with zero attached hydrogens (tertiary/aromatic N) is 1. The molecule has 1 rings (SSSR count). The Morgan fingerprint density at radius 3 is 2.53 bits per heavy atom. The van der Waals surface area contributed by atoms with Gasteiger partial charge in [-0.1, -0.05) is 6.92 Å². The van der Waals surface area contributed by atoms with Gasteiger partial charge in [-0.15, -0.1) is 0 Å². The van der Waals surface area contributed by atoms with Crippen molar-refractivity contribution in [3.8, 4) is 0 Å². The van der Waals surface area contributed by atoms with Gasteiger partial charge in [0.25, 0.3) is 0 Å². The molecule has 0 aromatic rings. The van der Waals surface area contributed by atoms with E-state index in [1.165, 1.54) is 0 Å². The quantitative estimate of drug-likeness (QED) is 0.827. The van der Waals surface area contributed by atoms with Crippen LogP contribution in [0.4, 0.5) is 13.2 Å². The van der Waals surface area contributed by atoms with E-state index in [1.807, 2.05) is 0 Å². The fourth-order valence-electron chi connectivity index (χ4n) is 2.22. The fraction of sp³-hybridized carbons (Fsp3) is 1.00. The van der Waals surface area contributed by atoms with E-state index in [-0.39, 0.29) is 12.0 Å². The van der Waals surface area contributed by atoms with Gasteiger partial charge in [0.2, 0.25) is 0 Å². The number of nitrogens with one attached hydrogen (secondary N) is 1. The lowest BCUT2D eigenvalue weighted by atomic mass is 9.96. The first-order chi connectivity index (χ1) is 7.74. The minimum Gasteiger partial charge on any atom is -0.311 e. The second-order valence-electron chi connectivity index (χ2n) is 5.46. The Bertz CT molecular complexity index is 238. The molecule has 0 aromatic heterocycles. The monoisotopic (exact) mass is 252 g/mol. The van der Waals surface area contributed by atoms with Crippen LogP contribution in [-0.2, 0) is 0 Å². The molecule has 0 saturated carbocycles. The molecule has 0 aliphatic carbocycles. The van der Waals surface area contributed by atoms with Gasteiger partial charge in [-0.3, -0.25) is 4.90 Å². The summed E-state index contributed by atoms with van der Waals surface area (Å²) in [6, 6.07) is 0.411. The molecule has 1 unspecified atom stereocenters. The third kappa shape index (κ3) is 4.84. The molecule has 1 aliphatic heterocycles. The van der Waals surface area contributed by atoms with Crippen LogP contribution in [0.1, 0.15) is 40.0 Å². The first-order valence-corrected chi connectivity index (χ1v) is 6.30. The van der Waals surface area contributed by atoms with E-state index in [1.54, 1.807) is 0 Å². The molecule has 1 aliphatic rings. The van der Waals surface area contributed by atoms with Crippen molar-refractivity contribution in [1.82, 2.24) is 10.2 Å². The van der Waals surface area contributed by atoms with Gasteiger partial charge >= 0.3 is 6.18 Å². The van der Waals surface area contributed by atoms with Gasteiger partial charge in [-0.05, 0) is 33.2 Å². The largest absolute Gasteiger partial charge is 0.389 e. The average Bonchev–Trinajstić information content (AvgIpc) is 2.18. The van der Waals surface area contributed by atoms with Crippen LogP contribution in [0.15, 0.2) is 0 Å². The van der Waals surface area contributed by atoms with Crippen molar-refractivity contribution in [3.63, 3.8) is 0 Å². The Balaban J connectivity index is 2.43. The molecular formula is C12H23F3N2. The summed E-state index contributed by atoms with van der Waals surface area (Å²) in [7, 11) is 0.